The fraction of sp³-hybridized carbons (Fsp3) is 0.533. The number of benzene rings is 1. The highest BCUT2D eigenvalue weighted by atomic mass is 35.5. The molecule has 0 spiro atoms. The number of halogens is 1. The molecule has 5 heteroatoms. The number of carbonyl (C=O) groups is 1. The van der Waals surface area contributed by atoms with Crippen LogP contribution in [0.2, 0.25) is 0 Å². The highest BCUT2D eigenvalue weighted by molar-refractivity contribution is 7.99. The summed E-state index contributed by atoms with van der Waals surface area (Å²) in [6.07, 6.45) is 0. The second kappa shape index (κ2) is 7.91. The van der Waals surface area contributed by atoms with Crippen LogP contribution in [0.1, 0.15) is 25.5 Å². The van der Waals surface area contributed by atoms with Crippen molar-refractivity contribution in [2.45, 2.75) is 25.9 Å². The predicted octanol–water partition coefficient (Wildman–Crippen LogP) is 2.71. The Morgan fingerprint density at radius 3 is 2.65 bits per heavy atom. The van der Waals surface area contributed by atoms with Gasteiger partial charge in [-0.1, -0.05) is 37.3 Å². The van der Waals surface area contributed by atoms with Crippen LogP contribution in [0.3, 0.4) is 0 Å². The van der Waals surface area contributed by atoms with Crippen molar-refractivity contribution in [3.8, 4) is 0 Å². The molecule has 0 aliphatic carbocycles. The van der Waals surface area contributed by atoms with Gasteiger partial charge in [0.05, 0.1) is 5.92 Å². The third-order valence-electron chi connectivity index (χ3n) is 3.76. The Hall–Kier alpha value is -0.710. The molecule has 3 atom stereocenters. The first kappa shape index (κ1) is 17.3. The Balaban J connectivity index is 0.00000200. The van der Waals surface area contributed by atoms with E-state index >= 15 is 0 Å². The minimum absolute atomic E-state index is 0. The molecule has 2 N–H and O–H groups in total. The van der Waals surface area contributed by atoms with Gasteiger partial charge in [0.2, 0.25) is 5.91 Å². The number of hydrogen-bond acceptors (Lipinski definition) is 3. The van der Waals surface area contributed by atoms with Gasteiger partial charge in [0, 0.05) is 30.1 Å². The highest BCUT2D eigenvalue weighted by Gasteiger charge is 2.30. The van der Waals surface area contributed by atoms with Gasteiger partial charge < -0.3 is 10.6 Å². The molecule has 112 valence electrons. The van der Waals surface area contributed by atoms with Gasteiger partial charge in [-0.25, -0.2) is 0 Å². The van der Waals surface area contributed by atoms with Gasteiger partial charge in [0.25, 0.3) is 0 Å². The first-order chi connectivity index (χ1) is 9.11. The van der Waals surface area contributed by atoms with E-state index in [1.807, 2.05) is 53.9 Å². The van der Waals surface area contributed by atoms with E-state index in [0.29, 0.717) is 6.04 Å². The second-order valence-electron chi connectivity index (χ2n) is 5.18. The monoisotopic (exact) mass is 314 g/mol. The Bertz CT molecular complexity index is 429. The number of thioether (sulfide) groups is 1. The summed E-state index contributed by atoms with van der Waals surface area (Å²) < 4.78 is 0. The minimum atomic E-state index is -0.226. The van der Waals surface area contributed by atoms with E-state index in [1.165, 1.54) is 0 Å². The molecule has 1 aromatic carbocycles. The Kier molecular flexibility index (Phi) is 6.86. The molecule has 1 fully saturated rings. The van der Waals surface area contributed by atoms with E-state index in [2.05, 4.69) is 6.92 Å². The summed E-state index contributed by atoms with van der Waals surface area (Å²) in [5, 5.41) is 0. The quantitative estimate of drug-likeness (QED) is 0.933. The molecule has 2 rings (SSSR count). The van der Waals surface area contributed by atoms with Crippen molar-refractivity contribution in [1.82, 2.24) is 4.90 Å². The normalized spacial score (nSPS) is 21.8. The summed E-state index contributed by atoms with van der Waals surface area (Å²) in [5.74, 6) is 2.07. The molecular formula is C15H23ClN2OS. The first-order valence-corrected chi connectivity index (χ1v) is 7.95. The Morgan fingerprint density at radius 2 is 2.05 bits per heavy atom. The zero-order chi connectivity index (χ0) is 13.8. The van der Waals surface area contributed by atoms with E-state index in [4.69, 9.17) is 5.73 Å². The van der Waals surface area contributed by atoms with Crippen molar-refractivity contribution in [3.63, 3.8) is 0 Å². The first-order valence-electron chi connectivity index (χ1n) is 6.80. The molecule has 3 nitrogen and oxygen atoms in total. The number of amides is 1. The number of nitrogens with zero attached hydrogens (tertiary/aromatic N) is 1. The fourth-order valence-electron chi connectivity index (χ4n) is 2.43. The summed E-state index contributed by atoms with van der Waals surface area (Å²) >= 11 is 1.92. The smallest absolute Gasteiger partial charge is 0.227 e. The molecule has 1 aromatic rings. The van der Waals surface area contributed by atoms with Gasteiger partial charge in [-0.05, 0) is 12.5 Å². The fourth-order valence-corrected chi connectivity index (χ4v) is 3.45. The van der Waals surface area contributed by atoms with Crippen molar-refractivity contribution in [2.75, 3.05) is 18.1 Å². The zero-order valence-electron chi connectivity index (χ0n) is 12.0. The van der Waals surface area contributed by atoms with Crippen LogP contribution in [0.5, 0.6) is 0 Å². The molecule has 1 aliphatic heterocycles. The lowest BCUT2D eigenvalue weighted by atomic mass is 9.94. The maximum absolute atomic E-state index is 12.6. The molecule has 1 amide bonds. The number of hydrogen-bond donors (Lipinski definition) is 1. The summed E-state index contributed by atoms with van der Waals surface area (Å²) in [6, 6.07) is 9.96. The number of nitrogens with two attached hydrogens (primary N) is 1. The minimum Gasteiger partial charge on any atom is -0.338 e. The Labute approximate surface area is 131 Å². The van der Waals surface area contributed by atoms with E-state index < -0.39 is 0 Å². The van der Waals surface area contributed by atoms with Gasteiger partial charge >= 0.3 is 0 Å². The van der Waals surface area contributed by atoms with Crippen LogP contribution in [0.25, 0.3) is 0 Å². The van der Waals surface area contributed by atoms with Gasteiger partial charge in [-0.15, -0.1) is 12.4 Å². The largest absolute Gasteiger partial charge is 0.338 e. The lowest BCUT2D eigenvalue weighted by Crippen LogP contribution is -2.48. The number of carbonyl (C=O) groups excluding carboxylic acids is 1. The molecule has 1 heterocycles. The van der Waals surface area contributed by atoms with E-state index in [1.54, 1.807) is 0 Å². The summed E-state index contributed by atoms with van der Waals surface area (Å²) in [6.45, 7) is 4.90. The SMILES string of the molecule is CC(C(=O)N1CCSCC1C)C(N)c1ccccc1.Cl. The van der Waals surface area contributed by atoms with E-state index in [0.717, 1.165) is 23.6 Å². The van der Waals surface area contributed by atoms with Crippen LogP contribution in [0.4, 0.5) is 0 Å². The summed E-state index contributed by atoms with van der Waals surface area (Å²) in [7, 11) is 0. The van der Waals surface area contributed by atoms with Crippen molar-refractivity contribution >= 4 is 30.1 Å². The predicted molar refractivity (Wildman–Crippen MR) is 88.3 cm³/mol. The van der Waals surface area contributed by atoms with Crippen LogP contribution in [-0.4, -0.2) is 34.9 Å². The zero-order valence-corrected chi connectivity index (χ0v) is 13.6. The van der Waals surface area contributed by atoms with E-state index in [9.17, 15) is 4.79 Å². The van der Waals surface area contributed by atoms with Gasteiger partial charge in [-0.2, -0.15) is 11.8 Å². The Morgan fingerprint density at radius 1 is 1.40 bits per heavy atom. The molecule has 20 heavy (non-hydrogen) atoms. The molecule has 3 unspecified atom stereocenters. The lowest BCUT2D eigenvalue weighted by molar-refractivity contribution is -0.137. The third-order valence-corrected chi connectivity index (χ3v) is 4.95. The maximum Gasteiger partial charge on any atom is 0.227 e. The van der Waals surface area contributed by atoms with E-state index in [-0.39, 0.29) is 30.3 Å². The molecule has 0 aromatic heterocycles. The number of rotatable bonds is 3. The van der Waals surface area contributed by atoms with Crippen molar-refractivity contribution in [3.05, 3.63) is 35.9 Å². The molecule has 0 bridgehead atoms. The lowest BCUT2D eigenvalue weighted by Gasteiger charge is -2.36. The van der Waals surface area contributed by atoms with Crippen LogP contribution < -0.4 is 5.73 Å². The molecular weight excluding hydrogens is 292 g/mol. The third kappa shape index (κ3) is 3.90. The second-order valence-corrected chi connectivity index (χ2v) is 6.33. The van der Waals surface area contributed by atoms with Gasteiger partial charge in [0.1, 0.15) is 0 Å². The van der Waals surface area contributed by atoms with Gasteiger partial charge in [0.15, 0.2) is 0 Å². The molecule has 0 saturated carbocycles. The van der Waals surface area contributed by atoms with Crippen molar-refractivity contribution in [1.29, 1.82) is 0 Å². The van der Waals surface area contributed by atoms with Crippen LogP contribution in [0, 0.1) is 5.92 Å². The topological polar surface area (TPSA) is 46.3 Å². The van der Waals surface area contributed by atoms with Crippen LogP contribution >= 0.6 is 24.2 Å². The van der Waals surface area contributed by atoms with Crippen molar-refractivity contribution < 1.29 is 4.79 Å². The van der Waals surface area contributed by atoms with Crippen molar-refractivity contribution in [2.24, 2.45) is 11.7 Å². The summed E-state index contributed by atoms with van der Waals surface area (Å²) in [5.41, 5.74) is 7.27. The van der Waals surface area contributed by atoms with Gasteiger partial charge in [-0.3, -0.25) is 4.79 Å². The average molecular weight is 315 g/mol. The average Bonchev–Trinajstić information content (AvgIpc) is 2.46. The maximum atomic E-state index is 12.6. The van der Waals surface area contributed by atoms with Crippen LogP contribution in [0.15, 0.2) is 30.3 Å². The van der Waals surface area contributed by atoms with Crippen LogP contribution in [-0.2, 0) is 4.79 Å². The summed E-state index contributed by atoms with van der Waals surface area (Å²) in [4.78, 5) is 14.5. The molecule has 0 radical (unpaired) electrons. The highest BCUT2D eigenvalue weighted by Crippen LogP contribution is 2.24. The molecule has 1 aliphatic rings. The molecule has 1 saturated heterocycles. The standard InChI is InChI=1S/C15H22N2OS.ClH/c1-11-10-19-9-8-17(11)15(18)12(2)14(16)13-6-4-3-5-7-13;/h3-7,11-12,14H,8-10,16H2,1-2H3;1H.